The molecule has 4 atom stereocenters. The van der Waals surface area contributed by atoms with Gasteiger partial charge in [-0.15, -0.1) is 6.58 Å². The lowest BCUT2D eigenvalue weighted by molar-refractivity contribution is 0.113. The predicted molar refractivity (Wildman–Crippen MR) is 67.4 cm³/mol. The van der Waals surface area contributed by atoms with Crippen molar-refractivity contribution in [3.05, 3.63) is 23.9 Å². The molecule has 1 aliphatic carbocycles. The minimum atomic E-state index is -1.35. The van der Waals surface area contributed by atoms with E-state index in [4.69, 9.17) is 0 Å². The summed E-state index contributed by atoms with van der Waals surface area (Å²) in [6.07, 6.45) is 6.45. The highest BCUT2D eigenvalue weighted by Crippen LogP contribution is 2.49. The topological polar surface area (TPSA) is 20.2 Å². The molecular weight excluding hydrogens is 200 g/mol. The van der Waals surface area contributed by atoms with Crippen molar-refractivity contribution in [1.82, 2.24) is 0 Å². The lowest BCUT2D eigenvalue weighted by Gasteiger charge is -2.48. The van der Waals surface area contributed by atoms with Gasteiger partial charge in [0, 0.05) is 5.92 Å². The Kier molecular flexibility index (Phi) is 2.68. The van der Waals surface area contributed by atoms with Crippen molar-refractivity contribution in [2.24, 2.45) is 11.8 Å². The Morgan fingerprint density at radius 1 is 1.40 bits per heavy atom. The zero-order valence-electron chi connectivity index (χ0n) is 10.0. The Labute approximate surface area is 93.9 Å². The molecule has 0 aromatic rings. The Morgan fingerprint density at radius 2 is 2.07 bits per heavy atom. The van der Waals surface area contributed by atoms with Gasteiger partial charge in [0.05, 0.1) is 14.2 Å². The van der Waals surface area contributed by atoms with Crippen LogP contribution in [0.5, 0.6) is 0 Å². The van der Waals surface area contributed by atoms with Crippen LogP contribution >= 0.6 is 0 Å². The molecule has 2 rings (SSSR count). The third-order valence-electron chi connectivity index (χ3n) is 4.49. The van der Waals surface area contributed by atoms with Crippen LogP contribution in [-0.2, 0) is 0 Å². The van der Waals surface area contributed by atoms with Crippen molar-refractivity contribution in [2.45, 2.75) is 44.5 Å². The molecule has 2 heteroatoms. The summed E-state index contributed by atoms with van der Waals surface area (Å²) in [6.45, 7) is 11.3. The van der Waals surface area contributed by atoms with E-state index in [9.17, 15) is 5.11 Å². The van der Waals surface area contributed by atoms with E-state index >= 15 is 0 Å². The summed E-state index contributed by atoms with van der Waals surface area (Å²) in [5.74, 6) is 1.09. The van der Waals surface area contributed by atoms with Crippen LogP contribution in [0.3, 0.4) is 0 Å². The average Bonchev–Trinajstić information content (AvgIpc) is 2.15. The number of fused-ring (bicyclic) bond motifs is 1. The quantitative estimate of drug-likeness (QED) is 0.493. The van der Waals surface area contributed by atoms with Crippen molar-refractivity contribution in [1.29, 1.82) is 0 Å². The zero-order valence-corrected chi connectivity index (χ0v) is 11.0. The van der Waals surface area contributed by atoms with Crippen molar-refractivity contribution >= 4 is 8.07 Å². The number of rotatable bonds is 0. The van der Waals surface area contributed by atoms with Crippen LogP contribution in [-0.4, -0.2) is 19.3 Å². The minimum absolute atomic E-state index is 0.174. The molecule has 0 radical (unpaired) electrons. The summed E-state index contributed by atoms with van der Waals surface area (Å²) in [6, 6.07) is 0. The van der Waals surface area contributed by atoms with Gasteiger partial charge in [-0.2, -0.15) is 0 Å². The SMILES string of the molecule is C=C1C[C@H](O)[C@@H]2C=C[C@H](C)C[C@H]2[Si]1(C)C. The number of aliphatic hydroxyl groups is 1. The van der Waals surface area contributed by atoms with Crippen LogP contribution in [0, 0.1) is 11.8 Å². The van der Waals surface area contributed by atoms with Gasteiger partial charge in [-0.05, 0) is 24.3 Å². The first-order chi connectivity index (χ1) is 6.93. The molecule has 0 aromatic heterocycles. The Bertz CT molecular complexity index is 306. The molecule has 0 bridgehead atoms. The maximum atomic E-state index is 10.1. The molecule has 0 spiro atoms. The molecule has 1 saturated heterocycles. The van der Waals surface area contributed by atoms with Crippen LogP contribution in [0.25, 0.3) is 0 Å². The summed E-state index contributed by atoms with van der Waals surface area (Å²) in [5, 5.41) is 11.5. The Morgan fingerprint density at radius 3 is 2.73 bits per heavy atom. The molecule has 0 unspecified atom stereocenters. The van der Waals surface area contributed by atoms with Gasteiger partial charge in [-0.25, -0.2) is 0 Å². The van der Waals surface area contributed by atoms with E-state index in [1.165, 1.54) is 11.6 Å². The maximum absolute atomic E-state index is 10.1. The second-order valence-corrected chi connectivity index (χ2v) is 10.8. The van der Waals surface area contributed by atoms with Crippen LogP contribution in [0.1, 0.15) is 19.8 Å². The monoisotopic (exact) mass is 222 g/mol. The van der Waals surface area contributed by atoms with Crippen molar-refractivity contribution < 1.29 is 5.11 Å². The highest BCUT2D eigenvalue weighted by Gasteiger charge is 2.47. The first-order valence-electron chi connectivity index (χ1n) is 5.97. The molecular formula is C13H22OSi. The van der Waals surface area contributed by atoms with Gasteiger partial charge in [0.1, 0.15) is 0 Å². The van der Waals surface area contributed by atoms with E-state index in [0.29, 0.717) is 17.4 Å². The first kappa shape index (κ1) is 11.2. The Balaban J connectivity index is 2.33. The number of aliphatic hydroxyl groups excluding tert-OH is 1. The van der Waals surface area contributed by atoms with Crippen molar-refractivity contribution in [2.75, 3.05) is 0 Å². The number of allylic oxidation sites excluding steroid dienone is 1. The standard InChI is InChI=1S/C13H22OSi/c1-9-5-6-11-12(14)8-10(2)15(3,4)13(11)7-9/h5-6,9,11-14H,2,7-8H2,1,3-4H3/t9-,11-,12-,13+/m0/s1. The molecule has 15 heavy (non-hydrogen) atoms. The zero-order chi connectivity index (χ0) is 11.2. The largest absolute Gasteiger partial charge is 0.392 e. The number of hydrogen-bond acceptors (Lipinski definition) is 1. The highest BCUT2D eigenvalue weighted by molar-refractivity contribution is 6.85. The fourth-order valence-corrected chi connectivity index (χ4v) is 6.69. The van der Waals surface area contributed by atoms with Gasteiger partial charge in [-0.3, -0.25) is 0 Å². The van der Waals surface area contributed by atoms with E-state index in [0.717, 1.165) is 6.42 Å². The number of hydrogen-bond donors (Lipinski definition) is 1. The molecule has 0 amide bonds. The van der Waals surface area contributed by atoms with E-state index in [-0.39, 0.29) is 6.10 Å². The molecule has 0 saturated carbocycles. The van der Waals surface area contributed by atoms with Crippen LogP contribution in [0.2, 0.25) is 18.6 Å². The van der Waals surface area contributed by atoms with Gasteiger partial charge in [0.25, 0.3) is 0 Å². The van der Waals surface area contributed by atoms with Gasteiger partial charge < -0.3 is 5.11 Å². The summed E-state index contributed by atoms with van der Waals surface area (Å²) in [4.78, 5) is 0. The van der Waals surface area contributed by atoms with Crippen LogP contribution in [0.4, 0.5) is 0 Å². The van der Waals surface area contributed by atoms with Crippen molar-refractivity contribution in [3.8, 4) is 0 Å². The van der Waals surface area contributed by atoms with Crippen LogP contribution < -0.4 is 0 Å². The third kappa shape index (κ3) is 1.74. The maximum Gasteiger partial charge on any atom is 0.0785 e. The molecule has 1 nitrogen and oxygen atoms in total. The van der Waals surface area contributed by atoms with E-state index in [2.05, 4.69) is 38.7 Å². The summed E-state index contributed by atoms with van der Waals surface area (Å²) >= 11 is 0. The lowest BCUT2D eigenvalue weighted by atomic mass is 9.84. The van der Waals surface area contributed by atoms with Crippen molar-refractivity contribution in [3.63, 3.8) is 0 Å². The molecule has 84 valence electrons. The van der Waals surface area contributed by atoms with Gasteiger partial charge >= 0.3 is 0 Å². The fourth-order valence-electron chi connectivity index (χ4n) is 3.17. The van der Waals surface area contributed by atoms with Gasteiger partial charge in [-0.1, -0.05) is 37.4 Å². The summed E-state index contributed by atoms with van der Waals surface area (Å²) in [7, 11) is -1.35. The van der Waals surface area contributed by atoms with E-state index in [1.54, 1.807) is 0 Å². The Hall–Kier alpha value is -0.343. The van der Waals surface area contributed by atoms with Crippen LogP contribution in [0.15, 0.2) is 23.9 Å². The second kappa shape index (κ2) is 3.60. The first-order valence-corrected chi connectivity index (χ1v) is 9.05. The molecule has 0 aromatic carbocycles. The lowest BCUT2D eigenvalue weighted by Crippen LogP contribution is -2.49. The second-order valence-electron chi connectivity index (χ2n) is 5.88. The summed E-state index contributed by atoms with van der Waals surface area (Å²) < 4.78 is 0. The summed E-state index contributed by atoms with van der Waals surface area (Å²) in [5.41, 5.74) is 0.703. The third-order valence-corrected chi connectivity index (χ3v) is 8.99. The average molecular weight is 222 g/mol. The predicted octanol–water partition coefficient (Wildman–Crippen LogP) is 3.14. The molecule has 1 N–H and O–H groups in total. The molecule has 1 aliphatic heterocycles. The molecule has 2 aliphatic rings. The van der Waals surface area contributed by atoms with E-state index < -0.39 is 8.07 Å². The smallest absolute Gasteiger partial charge is 0.0785 e. The fraction of sp³-hybridized carbons (Fsp3) is 0.692. The minimum Gasteiger partial charge on any atom is -0.392 e. The van der Waals surface area contributed by atoms with Gasteiger partial charge in [0.2, 0.25) is 0 Å². The van der Waals surface area contributed by atoms with E-state index in [1.807, 2.05) is 0 Å². The van der Waals surface area contributed by atoms with Gasteiger partial charge in [0.15, 0.2) is 0 Å². The highest BCUT2D eigenvalue weighted by atomic mass is 28.3. The molecule has 1 heterocycles. The normalized spacial score (nSPS) is 43.9. The molecule has 1 fully saturated rings.